The van der Waals surface area contributed by atoms with Crippen molar-refractivity contribution in [2.45, 2.75) is 57.3 Å². The summed E-state index contributed by atoms with van der Waals surface area (Å²) in [5, 5.41) is 23.7. The molecule has 8 nitrogen and oxygen atoms in total. The molecule has 0 saturated heterocycles. The van der Waals surface area contributed by atoms with Gasteiger partial charge in [0, 0.05) is 5.92 Å². The number of carbonyl (C=O) groups is 2. The summed E-state index contributed by atoms with van der Waals surface area (Å²) < 4.78 is 27.2. The molecule has 192 valence electrons. The fourth-order valence-corrected chi connectivity index (χ4v) is 3.87. The first-order valence-electron chi connectivity index (χ1n) is 11.6. The van der Waals surface area contributed by atoms with Crippen LogP contribution in [0.4, 0.5) is 8.78 Å². The van der Waals surface area contributed by atoms with Gasteiger partial charge in [-0.1, -0.05) is 18.2 Å². The molecule has 0 saturated carbocycles. The highest BCUT2D eigenvalue weighted by Crippen LogP contribution is 2.22. The monoisotopic (exact) mass is 500 g/mol. The molecule has 1 heterocycles. The number of rotatable bonds is 11. The number of amides is 2. The lowest BCUT2D eigenvalue weighted by Crippen LogP contribution is -2.46. The van der Waals surface area contributed by atoms with Crippen LogP contribution in [0, 0.1) is 17.6 Å². The van der Waals surface area contributed by atoms with Gasteiger partial charge in [-0.25, -0.2) is 13.8 Å². The number of halogens is 2. The normalized spacial score (nSPS) is 14.3. The third-order valence-corrected chi connectivity index (χ3v) is 5.93. The Morgan fingerprint density at radius 3 is 2.44 bits per heavy atom. The van der Waals surface area contributed by atoms with E-state index in [4.69, 9.17) is 5.73 Å². The first-order chi connectivity index (χ1) is 16.9. The molecule has 0 radical (unpaired) electrons. The van der Waals surface area contributed by atoms with Gasteiger partial charge in [-0.05, 0) is 69.4 Å². The van der Waals surface area contributed by atoms with E-state index >= 15 is 0 Å². The molecule has 1 aromatic heterocycles. The maximum absolute atomic E-state index is 13.8. The fourth-order valence-electron chi connectivity index (χ4n) is 3.87. The van der Waals surface area contributed by atoms with E-state index in [1.54, 1.807) is 38.1 Å². The second-order valence-corrected chi connectivity index (χ2v) is 9.53. The molecule has 2 aromatic carbocycles. The number of hydrogen-bond donors (Lipinski definition) is 4. The van der Waals surface area contributed by atoms with Gasteiger partial charge in [0.15, 0.2) is 11.6 Å². The average Bonchev–Trinajstić information content (AvgIpc) is 2.82. The van der Waals surface area contributed by atoms with Crippen LogP contribution >= 0.6 is 0 Å². The second kappa shape index (κ2) is 11.5. The van der Waals surface area contributed by atoms with Gasteiger partial charge in [0.2, 0.25) is 5.91 Å². The maximum Gasteiger partial charge on any atom is 0.271 e. The first kappa shape index (κ1) is 27.1. The zero-order chi connectivity index (χ0) is 26.5. The molecule has 3 aromatic rings. The minimum Gasteiger partial charge on any atom is -0.391 e. The van der Waals surface area contributed by atoms with Crippen molar-refractivity contribution in [3.8, 4) is 0 Å². The Morgan fingerprint density at radius 2 is 1.81 bits per heavy atom. The highest BCUT2D eigenvalue weighted by Gasteiger charge is 2.29. The van der Waals surface area contributed by atoms with E-state index in [1.807, 2.05) is 0 Å². The predicted molar refractivity (Wildman–Crippen MR) is 130 cm³/mol. The van der Waals surface area contributed by atoms with Crippen LogP contribution < -0.4 is 11.1 Å². The van der Waals surface area contributed by atoms with Crippen molar-refractivity contribution in [1.82, 2.24) is 15.3 Å². The van der Waals surface area contributed by atoms with E-state index in [0.717, 1.165) is 12.1 Å². The molecule has 0 aliphatic heterocycles. The van der Waals surface area contributed by atoms with Crippen molar-refractivity contribution < 1.29 is 28.6 Å². The molecule has 2 amide bonds. The van der Waals surface area contributed by atoms with Gasteiger partial charge in [0.25, 0.3) is 5.91 Å². The summed E-state index contributed by atoms with van der Waals surface area (Å²) in [4.78, 5) is 33.5. The van der Waals surface area contributed by atoms with Gasteiger partial charge in [0.1, 0.15) is 5.69 Å². The van der Waals surface area contributed by atoms with Crippen LogP contribution in [0.25, 0.3) is 11.0 Å². The first-order valence-corrected chi connectivity index (χ1v) is 11.6. The lowest BCUT2D eigenvalue weighted by molar-refractivity contribution is -0.123. The van der Waals surface area contributed by atoms with E-state index in [9.17, 15) is 28.6 Å². The van der Waals surface area contributed by atoms with Gasteiger partial charge in [-0.3, -0.25) is 14.6 Å². The van der Waals surface area contributed by atoms with Crippen LogP contribution in [-0.2, 0) is 11.2 Å². The molecular weight excluding hydrogens is 470 g/mol. The Hall–Kier alpha value is -3.50. The van der Waals surface area contributed by atoms with E-state index in [2.05, 4.69) is 15.3 Å². The Morgan fingerprint density at radius 1 is 1.11 bits per heavy atom. The number of benzene rings is 2. The van der Waals surface area contributed by atoms with E-state index in [1.165, 1.54) is 12.3 Å². The lowest BCUT2D eigenvalue weighted by atomic mass is 9.87. The maximum atomic E-state index is 13.8. The summed E-state index contributed by atoms with van der Waals surface area (Å²) in [7, 11) is 0. The molecule has 36 heavy (non-hydrogen) atoms. The molecule has 0 unspecified atom stereocenters. The summed E-state index contributed by atoms with van der Waals surface area (Å²) in [6, 6.07) is 9.30. The van der Waals surface area contributed by atoms with Crippen molar-refractivity contribution in [2.75, 3.05) is 0 Å². The smallest absolute Gasteiger partial charge is 0.271 e. The molecule has 0 bridgehead atoms. The summed E-state index contributed by atoms with van der Waals surface area (Å²) in [6.07, 6.45) is 0.354. The molecule has 0 aliphatic rings. The number of aliphatic hydroxyl groups is 2. The quantitative estimate of drug-likeness (QED) is 0.319. The van der Waals surface area contributed by atoms with E-state index in [0.29, 0.717) is 16.6 Å². The Kier molecular flexibility index (Phi) is 8.65. The number of aromatic nitrogens is 2. The zero-order valence-corrected chi connectivity index (χ0v) is 20.1. The number of para-hydroxylation sites is 2. The van der Waals surface area contributed by atoms with Crippen LogP contribution in [0.1, 0.15) is 49.2 Å². The molecule has 0 aliphatic carbocycles. The Bertz CT molecular complexity index is 1230. The minimum absolute atomic E-state index is 0.00432. The molecule has 3 rings (SSSR count). The van der Waals surface area contributed by atoms with Crippen LogP contribution in [-0.4, -0.2) is 49.7 Å². The predicted octanol–water partition coefficient (Wildman–Crippen LogP) is 2.65. The van der Waals surface area contributed by atoms with Crippen LogP contribution in [0.5, 0.6) is 0 Å². The highest BCUT2D eigenvalue weighted by molar-refractivity contribution is 5.94. The number of fused-ring (bicyclic) bond motifs is 1. The summed E-state index contributed by atoms with van der Waals surface area (Å²) in [6.45, 7) is 3.19. The lowest BCUT2D eigenvalue weighted by Gasteiger charge is -2.28. The van der Waals surface area contributed by atoms with Crippen LogP contribution in [0.2, 0.25) is 0 Å². The van der Waals surface area contributed by atoms with Crippen molar-refractivity contribution in [2.24, 2.45) is 11.7 Å². The van der Waals surface area contributed by atoms with Gasteiger partial charge in [-0.15, -0.1) is 0 Å². The molecule has 10 heteroatoms. The number of nitrogens with zero attached hydrogens (tertiary/aromatic N) is 2. The number of aliphatic hydroxyl groups excluding tert-OH is 1. The number of primary amides is 1. The molecule has 5 N–H and O–H groups in total. The minimum atomic E-state index is -1.27. The van der Waals surface area contributed by atoms with Crippen molar-refractivity contribution in [3.05, 3.63) is 71.6 Å². The molecule has 0 fully saturated rings. The molecular formula is C26H30F2N4O4. The number of nitrogens with two attached hydrogens (primary N) is 1. The Balaban J connectivity index is 1.83. The van der Waals surface area contributed by atoms with Gasteiger partial charge in [-0.2, -0.15) is 0 Å². The van der Waals surface area contributed by atoms with Crippen LogP contribution in [0.15, 0.2) is 48.7 Å². The summed E-state index contributed by atoms with van der Waals surface area (Å²) in [5.74, 6) is -4.15. The fraction of sp³-hybridized carbons (Fsp3) is 0.385. The summed E-state index contributed by atoms with van der Waals surface area (Å²) >= 11 is 0. The van der Waals surface area contributed by atoms with Crippen molar-refractivity contribution in [1.29, 1.82) is 0 Å². The largest absolute Gasteiger partial charge is 0.391 e. The summed E-state index contributed by atoms with van der Waals surface area (Å²) in [5.41, 5.74) is 5.92. The second-order valence-electron chi connectivity index (χ2n) is 9.53. The molecule has 3 atom stereocenters. The van der Waals surface area contributed by atoms with Crippen molar-refractivity contribution >= 4 is 22.8 Å². The van der Waals surface area contributed by atoms with Gasteiger partial charge in [0.05, 0.1) is 35.0 Å². The van der Waals surface area contributed by atoms with E-state index in [-0.39, 0.29) is 31.4 Å². The van der Waals surface area contributed by atoms with Gasteiger partial charge >= 0.3 is 0 Å². The average molecular weight is 501 g/mol. The highest BCUT2D eigenvalue weighted by atomic mass is 19.2. The van der Waals surface area contributed by atoms with E-state index < -0.39 is 47.1 Å². The topological polar surface area (TPSA) is 138 Å². The third kappa shape index (κ3) is 7.50. The third-order valence-electron chi connectivity index (χ3n) is 5.93. The Labute approximate surface area is 207 Å². The standard InChI is InChI=1S/C26H30F2N4O4/c1-26(2,36)10-9-16(24(29)34)13-23(33)21(12-15-7-8-17(27)18(28)11-15)32-25(35)22-14-30-19-5-3-4-6-20(19)31-22/h3-8,11,14,16,21,23,33,36H,9-10,12-13H2,1-2H3,(H2,29,34)(H,32,35)/t16-,21+,23+/m1/s1. The number of nitrogens with one attached hydrogen (secondary N) is 1. The SMILES string of the molecule is CC(C)(O)CC[C@H](C[C@H](O)[C@H](Cc1ccc(F)c(F)c1)NC(=O)c1cnc2ccccc2n1)C(N)=O. The molecule has 0 spiro atoms. The van der Waals surface area contributed by atoms with Gasteiger partial charge < -0.3 is 21.3 Å². The van der Waals surface area contributed by atoms with Crippen LogP contribution in [0.3, 0.4) is 0 Å². The number of carbonyl (C=O) groups excluding carboxylic acids is 2. The zero-order valence-electron chi connectivity index (χ0n) is 20.1. The number of hydrogen-bond acceptors (Lipinski definition) is 6. The van der Waals surface area contributed by atoms with Crippen molar-refractivity contribution in [3.63, 3.8) is 0 Å².